The van der Waals surface area contributed by atoms with Crippen molar-refractivity contribution >= 4 is 27.5 Å². The number of hydrogen-bond donors (Lipinski definition) is 1. The van der Waals surface area contributed by atoms with E-state index >= 15 is 0 Å². The highest BCUT2D eigenvalue weighted by atomic mass is 35.5. The van der Waals surface area contributed by atoms with Crippen molar-refractivity contribution in [2.75, 3.05) is 32.8 Å². The Hall–Kier alpha value is -1.15. The molecule has 1 aromatic rings. The zero-order chi connectivity index (χ0) is 19.3. The molecule has 8 heteroatoms. The first-order valence-electron chi connectivity index (χ1n) is 9.58. The Morgan fingerprint density at radius 3 is 2.67 bits per heavy atom. The molecule has 2 fully saturated rings. The van der Waals surface area contributed by atoms with E-state index in [1.54, 1.807) is 12.1 Å². The van der Waals surface area contributed by atoms with E-state index < -0.39 is 10.0 Å². The SMILES string of the molecule is O=C(NCCCOCC1CC1)C1CCCN(S(=O)(=O)c2ccc(Cl)cc2)C1. The van der Waals surface area contributed by atoms with Gasteiger partial charge < -0.3 is 10.1 Å². The molecule has 1 atom stereocenters. The summed E-state index contributed by atoms with van der Waals surface area (Å²) in [6, 6.07) is 6.13. The summed E-state index contributed by atoms with van der Waals surface area (Å²) in [4.78, 5) is 12.6. The van der Waals surface area contributed by atoms with E-state index in [0.717, 1.165) is 18.9 Å². The number of hydrogen-bond acceptors (Lipinski definition) is 4. The van der Waals surface area contributed by atoms with Crippen molar-refractivity contribution in [1.29, 1.82) is 0 Å². The molecule has 1 unspecified atom stereocenters. The Morgan fingerprint density at radius 1 is 1.22 bits per heavy atom. The summed E-state index contributed by atoms with van der Waals surface area (Å²) in [5.74, 6) is 0.358. The smallest absolute Gasteiger partial charge is 0.243 e. The number of sulfonamides is 1. The number of nitrogens with one attached hydrogen (secondary N) is 1. The van der Waals surface area contributed by atoms with Gasteiger partial charge in [0.1, 0.15) is 0 Å². The third-order valence-electron chi connectivity index (χ3n) is 5.02. The number of piperidine rings is 1. The van der Waals surface area contributed by atoms with Crippen LogP contribution in [0, 0.1) is 11.8 Å². The van der Waals surface area contributed by atoms with Crippen LogP contribution in [0.2, 0.25) is 5.02 Å². The molecule has 1 aromatic carbocycles. The molecule has 0 spiro atoms. The molecule has 1 saturated carbocycles. The summed E-state index contributed by atoms with van der Waals surface area (Å²) < 4.78 is 32.5. The summed E-state index contributed by atoms with van der Waals surface area (Å²) in [6.07, 6.45) is 4.70. The van der Waals surface area contributed by atoms with Gasteiger partial charge in [0.25, 0.3) is 0 Å². The lowest BCUT2D eigenvalue weighted by atomic mass is 9.99. The molecular weight excluding hydrogens is 388 g/mol. The van der Waals surface area contributed by atoms with E-state index in [0.29, 0.717) is 37.6 Å². The molecule has 1 aliphatic heterocycles. The van der Waals surface area contributed by atoms with E-state index in [1.807, 2.05) is 0 Å². The second-order valence-corrected chi connectivity index (χ2v) is 9.69. The number of benzene rings is 1. The fourth-order valence-corrected chi connectivity index (χ4v) is 4.84. The van der Waals surface area contributed by atoms with E-state index in [9.17, 15) is 13.2 Å². The maximum absolute atomic E-state index is 12.8. The maximum Gasteiger partial charge on any atom is 0.243 e. The van der Waals surface area contributed by atoms with Crippen LogP contribution in [-0.4, -0.2) is 51.5 Å². The predicted octanol–water partition coefficient (Wildman–Crippen LogP) is 2.67. The Labute approximate surface area is 166 Å². The van der Waals surface area contributed by atoms with Gasteiger partial charge in [0, 0.05) is 37.9 Å². The maximum atomic E-state index is 12.8. The lowest BCUT2D eigenvalue weighted by Gasteiger charge is -2.31. The van der Waals surface area contributed by atoms with Crippen LogP contribution in [-0.2, 0) is 19.6 Å². The molecule has 27 heavy (non-hydrogen) atoms. The van der Waals surface area contributed by atoms with Gasteiger partial charge in [-0.15, -0.1) is 0 Å². The first-order valence-corrected chi connectivity index (χ1v) is 11.4. The minimum atomic E-state index is -3.61. The van der Waals surface area contributed by atoms with Gasteiger partial charge in [-0.3, -0.25) is 4.79 Å². The second kappa shape index (κ2) is 9.37. The van der Waals surface area contributed by atoms with Crippen LogP contribution >= 0.6 is 11.6 Å². The standard InChI is InChI=1S/C19H27ClN2O4S/c20-17-6-8-18(9-7-17)27(24,25)22-11-1-3-16(13-22)19(23)21-10-2-12-26-14-15-4-5-15/h6-9,15-16H,1-5,10-14H2,(H,21,23). The number of carbonyl (C=O) groups is 1. The lowest BCUT2D eigenvalue weighted by Crippen LogP contribution is -2.45. The minimum Gasteiger partial charge on any atom is -0.381 e. The Kier molecular flexibility index (Phi) is 7.14. The number of halogens is 1. The van der Waals surface area contributed by atoms with Crippen molar-refractivity contribution in [3.63, 3.8) is 0 Å². The highest BCUT2D eigenvalue weighted by molar-refractivity contribution is 7.89. The van der Waals surface area contributed by atoms with Crippen molar-refractivity contribution in [1.82, 2.24) is 9.62 Å². The Morgan fingerprint density at radius 2 is 1.96 bits per heavy atom. The van der Waals surface area contributed by atoms with Crippen LogP contribution in [0.5, 0.6) is 0 Å². The normalized spacial score (nSPS) is 21.1. The van der Waals surface area contributed by atoms with Gasteiger partial charge in [-0.1, -0.05) is 11.6 Å². The third-order valence-corrected chi connectivity index (χ3v) is 7.15. The van der Waals surface area contributed by atoms with Crippen molar-refractivity contribution in [3.8, 4) is 0 Å². The van der Waals surface area contributed by atoms with Gasteiger partial charge in [0.15, 0.2) is 0 Å². The van der Waals surface area contributed by atoms with Gasteiger partial charge in [-0.2, -0.15) is 4.31 Å². The zero-order valence-corrected chi connectivity index (χ0v) is 17.0. The second-order valence-electron chi connectivity index (χ2n) is 7.32. The van der Waals surface area contributed by atoms with E-state index in [4.69, 9.17) is 16.3 Å². The molecule has 1 saturated heterocycles. The molecule has 1 amide bonds. The fraction of sp³-hybridized carbons (Fsp3) is 0.632. The summed E-state index contributed by atoms with van der Waals surface area (Å²) >= 11 is 5.84. The van der Waals surface area contributed by atoms with Crippen LogP contribution < -0.4 is 5.32 Å². The van der Waals surface area contributed by atoms with Gasteiger partial charge in [0.2, 0.25) is 15.9 Å². The molecule has 0 aromatic heterocycles. The molecule has 150 valence electrons. The van der Waals surface area contributed by atoms with E-state index in [2.05, 4.69) is 5.32 Å². The average molecular weight is 415 g/mol. The average Bonchev–Trinajstić information content (AvgIpc) is 3.49. The third kappa shape index (κ3) is 5.91. The van der Waals surface area contributed by atoms with Crippen LogP contribution in [0.15, 0.2) is 29.2 Å². The number of nitrogens with zero attached hydrogens (tertiary/aromatic N) is 1. The zero-order valence-electron chi connectivity index (χ0n) is 15.4. The van der Waals surface area contributed by atoms with Crippen molar-refractivity contribution in [3.05, 3.63) is 29.3 Å². The van der Waals surface area contributed by atoms with Crippen LogP contribution in [0.4, 0.5) is 0 Å². The molecule has 1 aliphatic carbocycles. The molecule has 3 rings (SSSR count). The molecular formula is C19H27ClN2O4S. The number of rotatable bonds is 9. The lowest BCUT2D eigenvalue weighted by molar-refractivity contribution is -0.126. The summed E-state index contributed by atoms with van der Waals surface area (Å²) in [7, 11) is -3.61. The first kappa shape index (κ1) is 20.6. The summed E-state index contributed by atoms with van der Waals surface area (Å²) in [5, 5.41) is 3.41. The summed E-state index contributed by atoms with van der Waals surface area (Å²) in [6.45, 7) is 2.69. The molecule has 0 bridgehead atoms. The van der Waals surface area contributed by atoms with Crippen molar-refractivity contribution < 1.29 is 17.9 Å². The van der Waals surface area contributed by atoms with Crippen molar-refractivity contribution in [2.24, 2.45) is 11.8 Å². The topological polar surface area (TPSA) is 75.7 Å². The number of carbonyl (C=O) groups excluding carboxylic acids is 1. The Bertz CT molecular complexity index is 735. The molecule has 0 radical (unpaired) electrons. The van der Waals surface area contributed by atoms with Gasteiger partial charge >= 0.3 is 0 Å². The minimum absolute atomic E-state index is 0.0757. The molecule has 6 nitrogen and oxygen atoms in total. The van der Waals surface area contributed by atoms with Gasteiger partial charge in [-0.25, -0.2) is 8.42 Å². The summed E-state index contributed by atoms with van der Waals surface area (Å²) in [5.41, 5.74) is 0. The highest BCUT2D eigenvalue weighted by Gasteiger charge is 2.33. The quantitative estimate of drug-likeness (QED) is 0.630. The van der Waals surface area contributed by atoms with Crippen LogP contribution in [0.1, 0.15) is 32.1 Å². The van der Waals surface area contributed by atoms with E-state index in [-0.39, 0.29) is 23.3 Å². The number of amides is 1. The molecule has 2 aliphatic rings. The largest absolute Gasteiger partial charge is 0.381 e. The van der Waals surface area contributed by atoms with Crippen molar-refractivity contribution in [2.45, 2.75) is 37.0 Å². The van der Waals surface area contributed by atoms with Crippen LogP contribution in [0.3, 0.4) is 0 Å². The van der Waals surface area contributed by atoms with Crippen LogP contribution in [0.25, 0.3) is 0 Å². The molecule has 1 heterocycles. The molecule has 1 N–H and O–H groups in total. The van der Waals surface area contributed by atoms with Gasteiger partial charge in [0.05, 0.1) is 10.8 Å². The predicted molar refractivity (Wildman–Crippen MR) is 104 cm³/mol. The van der Waals surface area contributed by atoms with Gasteiger partial charge in [-0.05, 0) is 62.3 Å². The number of ether oxygens (including phenoxy) is 1. The first-order chi connectivity index (χ1) is 13.0. The fourth-order valence-electron chi connectivity index (χ4n) is 3.20. The highest BCUT2D eigenvalue weighted by Crippen LogP contribution is 2.28. The van der Waals surface area contributed by atoms with E-state index in [1.165, 1.54) is 29.3 Å². The monoisotopic (exact) mass is 414 g/mol. The Balaban J connectivity index is 1.46.